The van der Waals surface area contributed by atoms with Crippen LogP contribution >= 0.6 is 0 Å². The maximum atomic E-state index is 12.1. The smallest absolute Gasteiger partial charge is 0.152 e. The van der Waals surface area contributed by atoms with Gasteiger partial charge in [-0.05, 0) is 59.5 Å². The summed E-state index contributed by atoms with van der Waals surface area (Å²) in [5, 5.41) is 0.991. The lowest BCUT2D eigenvalue weighted by molar-refractivity contribution is 0.112. The molecule has 29 heavy (non-hydrogen) atoms. The van der Waals surface area contributed by atoms with Gasteiger partial charge in [0.05, 0.1) is 19.9 Å². The van der Waals surface area contributed by atoms with Gasteiger partial charge >= 0.3 is 0 Å². The highest BCUT2D eigenvalue weighted by atomic mass is 16.5. The third-order valence-electron chi connectivity index (χ3n) is 5.80. The number of rotatable bonds is 4. The Morgan fingerprint density at radius 3 is 2.48 bits per heavy atom. The van der Waals surface area contributed by atoms with Crippen molar-refractivity contribution in [3.63, 3.8) is 0 Å². The maximum absolute atomic E-state index is 12.1. The first-order valence-corrected chi connectivity index (χ1v) is 9.66. The first-order valence-electron chi connectivity index (χ1n) is 9.66. The van der Waals surface area contributed by atoms with Gasteiger partial charge in [-0.25, -0.2) is 0 Å². The normalized spacial score (nSPS) is 12.3. The van der Waals surface area contributed by atoms with Crippen LogP contribution in [0, 0.1) is 0 Å². The predicted octanol–water partition coefficient (Wildman–Crippen LogP) is 5.36. The average molecular weight is 383 g/mol. The second-order valence-electron chi connectivity index (χ2n) is 7.27. The van der Waals surface area contributed by atoms with Crippen molar-refractivity contribution in [1.82, 2.24) is 4.57 Å². The second-order valence-corrected chi connectivity index (χ2v) is 7.27. The molecular weight excluding hydrogens is 362 g/mol. The van der Waals surface area contributed by atoms with Crippen molar-refractivity contribution >= 4 is 17.2 Å². The summed E-state index contributed by atoms with van der Waals surface area (Å²) in [5.41, 5.74) is 7.37. The van der Waals surface area contributed by atoms with Gasteiger partial charge in [-0.3, -0.25) is 4.79 Å². The van der Waals surface area contributed by atoms with Crippen molar-refractivity contribution in [2.45, 2.75) is 13.0 Å². The highest BCUT2D eigenvalue weighted by molar-refractivity contribution is 6.06. The van der Waals surface area contributed by atoms with Crippen molar-refractivity contribution in [3.05, 3.63) is 71.8 Å². The van der Waals surface area contributed by atoms with Gasteiger partial charge in [0.1, 0.15) is 11.5 Å². The molecule has 0 bridgehead atoms. The van der Waals surface area contributed by atoms with Gasteiger partial charge in [0.2, 0.25) is 0 Å². The number of aldehydes is 1. The first kappa shape index (κ1) is 17.6. The lowest BCUT2D eigenvalue weighted by Crippen LogP contribution is -2.11. The predicted molar refractivity (Wildman–Crippen MR) is 115 cm³/mol. The van der Waals surface area contributed by atoms with Crippen LogP contribution in [-0.2, 0) is 13.0 Å². The standard InChI is InChI=1S/C25H21NO3/c1-28-19-5-3-4-16(12-19)17-6-8-22-23(15-27)25-21-9-7-20(29-2)13-18(21)10-11-26(25)24(22)14-17/h3-9,12-15H,10-11H2,1-2H3. The van der Waals surface area contributed by atoms with Gasteiger partial charge in [-0.1, -0.05) is 24.3 Å². The first-order chi connectivity index (χ1) is 14.2. The quantitative estimate of drug-likeness (QED) is 0.445. The van der Waals surface area contributed by atoms with E-state index in [-0.39, 0.29) is 0 Å². The molecule has 0 spiro atoms. The molecule has 0 saturated carbocycles. The third kappa shape index (κ3) is 2.71. The van der Waals surface area contributed by atoms with Crippen molar-refractivity contribution in [2.24, 2.45) is 0 Å². The molecule has 2 heterocycles. The lowest BCUT2D eigenvalue weighted by atomic mass is 9.96. The molecule has 0 fully saturated rings. The number of hydrogen-bond donors (Lipinski definition) is 0. The molecule has 4 heteroatoms. The topological polar surface area (TPSA) is 40.5 Å². The molecule has 0 radical (unpaired) electrons. The van der Waals surface area contributed by atoms with Crippen LogP contribution in [0.1, 0.15) is 15.9 Å². The van der Waals surface area contributed by atoms with Crippen LogP contribution in [0.15, 0.2) is 60.7 Å². The SMILES string of the molecule is COc1cccc(-c2ccc3c(C=O)c4n(c3c2)CCc2cc(OC)ccc2-4)c1. The van der Waals surface area contributed by atoms with Crippen molar-refractivity contribution in [1.29, 1.82) is 0 Å². The Morgan fingerprint density at radius 1 is 0.897 bits per heavy atom. The molecule has 0 amide bonds. The fourth-order valence-electron chi connectivity index (χ4n) is 4.37. The van der Waals surface area contributed by atoms with Crippen LogP contribution < -0.4 is 9.47 Å². The number of carbonyl (C=O) groups excluding carboxylic acids is 1. The molecule has 0 unspecified atom stereocenters. The molecule has 4 nitrogen and oxygen atoms in total. The van der Waals surface area contributed by atoms with E-state index in [9.17, 15) is 4.79 Å². The highest BCUT2D eigenvalue weighted by Gasteiger charge is 2.24. The van der Waals surface area contributed by atoms with Gasteiger partial charge in [-0.2, -0.15) is 0 Å². The monoisotopic (exact) mass is 383 g/mol. The zero-order chi connectivity index (χ0) is 20.0. The number of methoxy groups -OCH3 is 2. The number of ether oxygens (including phenoxy) is 2. The summed E-state index contributed by atoms with van der Waals surface area (Å²) in [6.45, 7) is 0.835. The van der Waals surface area contributed by atoms with Crippen molar-refractivity contribution in [2.75, 3.05) is 14.2 Å². The molecule has 0 aliphatic carbocycles. The number of hydrogen-bond acceptors (Lipinski definition) is 3. The van der Waals surface area contributed by atoms with E-state index in [0.29, 0.717) is 0 Å². The second kappa shape index (κ2) is 6.82. The van der Waals surface area contributed by atoms with Crippen LogP contribution in [0.25, 0.3) is 33.3 Å². The molecular formula is C25H21NO3. The molecule has 3 aromatic carbocycles. The van der Waals surface area contributed by atoms with E-state index in [1.165, 1.54) is 5.56 Å². The highest BCUT2D eigenvalue weighted by Crippen LogP contribution is 2.40. The molecule has 0 atom stereocenters. The van der Waals surface area contributed by atoms with Gasteiger partial charge in [0.15, 0.2) is 6.29 Å². The van der Waals surface area contributed by atoms with E-state index < -0.39 is 0 Å². The molecule has 0 saturated heterocycles. The number of benzene rings is 3. The molecule has 4 aromatic rings. The summed E-state index contributed by atoms with van der Waals surface area (Å²) >= 11 is 0. The minimum atomic E-state index is 0.753. The summed E-state index contributed by atoms with van der Waals surface area (Å²) in [6, 6.07) is 20.4. The number of nitrogens with zero attached hydrogens (tertiary/aromatic N) is 1. The van der Waals surface area contributed by atoms with Crippen LogP contribution in [0.2, 0.25) is 0 Å². The fraction of sp³-hybridized carbons (Fsp3) is 0.160. The zero-order valence-corrected chi connectivity index (χ0v) is 16.4. The van der Waals surface area contributed by atoms with E-state index in [4.69, 9.17) is 9.47 Å². The number of carbonyl (C=O) groups is 1. The summed E-state index contributed by atoms with van der Waals surface area (Å²) in [5.74, 6) is 1.68. The molecule has 5 rings (SSSR count). The lowest BCUT2D eigenvalue weighted by Gasteiger charge is -2.21. The van der Waals surface area contributed by atoms with E-state index in [0.717, 1.165) is 69.6 Å². The van der Waals surface area contributed by atoms with Gasteiger partial charge in [0.25, 0.3) is 0 Å². The van der Waals surface area contributed by atoms with E-state index in [1.807, 2.05) is 24.3 Å². The maximum Gasteiger partial charge on any atom is 0.152 e. The van der Waals surface area contributed by atoms with Gasteiger partial charge in [0, 0.05) is 28.6 Å². The Labute approximate surface area is 169 Å². The molecule has 1 aliphatic rings. The summed E-state index contributed by atoms with van der Waals surface area (Å²) in [7, 11) is 3.35. The number of aryl methyl sites for hydroxylation is 2. The van der Waals surface area contributed by atoms with E-state index in [1.54, 1.807) is 14.2 Å². The minimum Gasteiger partial charge on any atom is -0.497 e. The Balaban J connectivity index is 1.73. The van der Waals surface area contributed by atoms with Crippen LogP contribution in [0.5, 0.6) is 11.5 Å². The summed E-state index contributed by atoms with van der Waals surface area (Å²) < 4.78 is 13.0. The number of aromatic nitrogens is 1. The summed E-state index contributed by atoms with van der Waals surface area (Å²) in [6.07, 6.45) is 1.89. The molecule has 1 aliphatic heterocycles. The molecule has 1 aromatic heterocycles. The zero-order valence-electron chi connectivity index (χ0n) is 16.4. The van der Waals surface area contributed by atoms with Crippen LogP contribution in [-0.4, -0.2) is 25.1 Å². The van der Waals surface area contributed by atoms with Crippen molar-refractivity contribution < 1.29 is 14.3 Å². The van der Waals surface area contributed by atoms with Crippen LogP contribution in [0.3, 0.4) is 0 Å². The Bertz CT molecular complexity index is 1250. The Hall–Kier alpha value is -3.53. The van der Waals surface area contributed by atoms with E-state index >= 15 is 0 Å². The minimum absolute atomic E-state index is 0.753. The number of fused-ring (bicyclic) bond motifs is 5. The van der Waals surface area contributed by atoms with Crippen molar-refractivity contribution in [3.8, 4) is 33.9 Å². The Kier molecular flexibility index (Phi) is 4.13. The van der Waals surface area contributed by atoms with Gasteiger partial charge < -0.3 is 14.0 Å². The van der Waals surface area contributed by atoms with Crippen LogP contribution in [0.4, 0.5) is 0 Å². The van der Waals surface area contributed by atoms with Gasteiger partial charge in [-0.15, -0.1) is 0 Å². The van der Waals surface area contributed by atoms with E-state index in [2.05, 4.69) is 41.0 Å². The molecule has 0 N–H and O–H groups in total. The fourth-order valence-corrected chi connectivity index (χ4v) is 4.37. The average Bonchev–Trinajstić information content (AvgIpc) is 3.11. The largest absolute Gasteiger partial charge is 0.497 e. The Morgan fingerprint density at radius 2 is 1.69 bits per heavy atom. The summed E-state index contributed by atoms with van der Waals surface area (Å²) in [4.78, 5) is 12.1. The molecule has 144 valence electrons. The third-order valence-corrected chi connectivity index (χ3v) is 5.80.